The molecular formula is C19H24N4O2. The molecule has 6 heteroatoms. The van der Waals surface area contributed by atoms with Gasteiger partial charge >= 0.3 is 6.03 Å². The van der Waals surface area contributed by atoms with Crippen molar-refractivity contribution >= 4 is 11.7 Å². The van der Waals surface area contributed by atoms with Gasteiger partial charge < -0.3 is 15.4 Å². The van der Waals surface area contributed by atoms with Gasteiger partial charge in [0.1, 0.15) is 0 Å². The lowest BCUT2D eigenvalue weighted by Crippen LogP contribution is -2.44. The lowest BCUT2D eigenvalue weighted by molar-refractivity contribution is -0.00889. The molecule has 1 saturated heterocycles. The maximum absolute atomic E-state index is 12.5. The third-order valence-electron chi connectivity index (χ3n) is 4.92. The Morgan fingerprint density at radius 3 is 2.84 bits per heavy atom. The predicted molar refractivity (Wildman–Crippen MR) is 95.9 cm³/mol. The molecule has 132 valence electrons. The van der Waals surface area contributed by atoms with Gasteiger partial charge in [-0.2, -0.15) is 5.10 Å². The molecule has 6 nitrogen and oxygen atoms in total. The molecule has 1 saturated carbocycles. The molecule has 0 spiro atoms. The molecule has 1 aromatic carbocycles. The van der Waals surface area contributed by atoms with Crippen LogP contribution in [-0.2, 0) is 4.74 Å². The van der Waals surface area contributed by atoms with E-state index in [1.807, 2.05) is 43.5 Å². The summed E-state index contributed by atoms with van der Waals surface area (Å²) in [6, 6.07) is 9.64. The third-order valence-corrected chi connectivity index (χ3v) is 4.92. The lowest BCUT2D eigenvalue weighted by Gasteiger charge is -2.30. The van der Waals surface area contributed by atoms with E-state index in [1.54, 1.807) is 4.68 Å². The summed E-state index contributed by atoms with van der Waals surface area (Å²) in [6.07, 6.45) is 6.53. The van der Waals surface area contributed by atoms with Crippen molar-refractivity contribution in [2.24, 2.45) is 5.92 Å². The third kappa shape index (κ3) is 3.85. The van der Waals surface area contributed by atoms with Crippen molar-refractivity contribution < 1.29 is 9.53 Å². The Morgan fingerprint density at radius 2 is 2.08 bits per heavy atom. The number of anilines is 1. The number of hydrogen-bond acceptors (Lipinski definition) is 3. The van der Waals surface area contributed by atoms with Gasteiger partial charge in [-0.25, -0.2) is 9.48 Å². The zero-order chi connectivity index (χ0) is 17.2. The van der Waals surface area contributed by atoms with Crippen molar-refractivity contribution in [3.8, 4) is 5.69 Å². The number of hydrogen-bond donors (Lipinski definition) is 2. The highest BCUT2D eigenvalue weighted by Gasteiger charge is 2.36. The maximum Gasteiger partial charge on any atom is 0.319 e. The fourth-order valence-corrected chi connectivity index (χ4v) is 3.43. The van der Waals surface area contributed by atoms with E-state index in [-0.39, 0.29) is 12.1 Å². The number of nitrogens with one attached hydrogen (secondary N) is 2. The van der Waals surface area contributed by atoms with Crippen LogP contribution in [0, 0.1) is 12.8 Å². The topological polar surface area (TPSA) is 68.2 Å². The van der Waals surface area contributed by atoms with E-state index in [9.17, 15) is 4.79 Å². The molecular weight excluding hydrogens is 316 g/mol. The summed E-state index contributed by atoms with van der Waals surface area (Å²) < 4.78 is 7.61. The number of carbonyl (C=O) groups excluding carboxylic acids is 1. The van der Waals surface area contributed by atoms with Crippen LogP contribution in [0.3, 0.4) is 0 Å². The molecule has 2 heterocycles. The van der Waals surface area contributed by atoms with Gasteiger partial charge in [-0.05, 0) is 56.7 Å². The van der Waals surface area contributed by atoms with Crippen molar-refractivity contribution in [2.45, 2.75) is 44.8 Å². The Balaban J connectivity index is 1.41. The average molecular weight is 340 g/mol. The second kappa shape index (κ2) is 6.88. The number of para-hydroxylation sites is 2. The summed E-state index contributed by atoms with van der Waals surface area (Å²) in [7, 11) is 0. The lowest BCUT2D eigenvalue weighted by atomic mass is 10.0. The summed E-state index contributed by atoms with van der Waals surface area (Å²) in [5, 5.41) is 10.5. The minimum atomic E-state index is -0.169. The molecule has 2 N–H and O–H groups in total. The second-order valence-electron chi connectivity index (χ2n) is 6.99. The van der Waals surface area contributed by atoms with E-state index >= 15 is 0 Å². The SMILES string of the molecule is Cc1ccn(-c2ccccc2NC(=O)N[C@@H]2CCO[C@@H](C3CC3)C2)n1. The van der Waals surface area contributed by atoms with E-state index in [1.165, 1.54) is 12.8 Å². The Hall–Kier alpha value is -2.34. The number of ether oxygens (including phenoxy) is 1. The Bertz CT molecular complexity index is 753. The van der Waals surface area contributed by atoms with E-state index in [0.29, 0.717) is 12.0 Å². The minimum Gasteiger partial charge on any atom is -0.378 e. The number of nitrogens with zero attached hydrogens (tertiary/aromatic N) is 2. The molecule has 0 unspecified atom stereocenters. The molecule has 2 aliphatic rings. The molecule has 4 rings (SSSR count). The first-order valence-corrected chi connectivity index (χ1v) is 9.00. The van der Waals surface area contributed by atoms with Crippen LogP contribution in [0.25, 0.3) is 5.69 Å². The Labute approximate surface area is 147 Å². The maximum atomic E-state index is 12.5. The van der Waals surface area contributed by atoms with Gasteiger partial charge in [-0.3, -0.25) is 0 Å². The molecule has 2 atom stereocenters. The van der Waals surface area contributed by atoms with Crippen molar-refractivity contribution in [3.05, 3.63) is 42.2 Å². The van der Waals surface area contributed by atoms with E-state index in [0.717, 1.165) is 36.5 Å². The van der Waals surface area contributed by atoms with Gasteiger partial charge in [0.2, 0.25) is 0 Å². The monoisotopic (exact) mass is 340 g/mol. The number of amides is 2. The highest BCUT2D eigenvalue weighted by atomic mass is 16.5. The van der Waals surface area contributed by atoms with Crippen molar-refractivity contribution in [1.29, 1.82) is 0 Å². The van der Waals surface area contributed by atoms with Crippen LogP contribution in [0.4, 0.5) is 10.5 Å². The molecule has 1 aliphatic heterocycles. The number of aromatic nitrogens is 2. The van der Waals surface area contributed by atoms with E-state index in [4.69, 9.17) is 4.74 Å². The Kier molecular flexibility index (Phi) is 4.44. The van der Waals surface area contributed by atoms with Crippen LogP contribution in [0.1, 0.15) is 31.4 Å². The number of rotatable bonds is 4. The van der Waals surface area contributed by atoms with Crippen molar-refractivity contribution in [3.63, 3.8) is 0 Å². The number of benzene rings is 1. The Morgan fingerprint density at radius 1 is 1.24 bits per heavy atom. The number of urea groups is 1. The average Bonchev–Trinajstić information content (AvgIpc) is 3.37. The van der Waals surface area contributed by atoms with Crippen LogP contribution in [0.2, 0.25) is 0 Å². The normalized spacial score (nSPS) is 23.2. The summed E-state index contributed by atoms with van der Waals surface area (Å²) in [4.78, 5) is 12.5. The smallest absolute Gasteiger partial charge is 0.319 e. The summed E-state index contributed by atoms with van der Waals surface area (Å²) in [5.41, 5.74) is 2.54. The van der Waals surface area contributed by atoms with Crippen LogP contribution >= 0.6 is 0 Å². The second-order valence-corrected chi connectivity index (χ2v) is 6.99. The van der Waals surface area contributed by atoms with Crippen LogP contribution in [0.15, 0.2) is 36.5 Å². The van der Waals surface area contributed by atoms with Gasteiger partial charge in [0.25, 0.3) is 0 Å². The fourth-order valence-electron chi connectivity index (χ4n) is 3.43. The molecule has 1 aromatic heterocycles. The van der Waals surface area contributed by atoms with Gasteiger partial charge in [0.05, 0.1) is 23.2 Å². The summed E-state index contributed by atoms with van der Waals surface area (Å²) in [5.74, 6) is 0.705. The van der Waals surface area contributed by atoms with Crippen molar-refractivity contribution in [2.75, 3.05) is 11.9 Å². The van der Waals surface area contributed by atoms with Crippen LogP contribution in [0.5, 0.6) is 0 Å². The number of aryl methyl sites for hydroxylation is 1. The molecule has 2 fully saturated rings. The summed E-state index contributed by atoms with van der Waals surface area (Å²) in [6.45, 7) is 2.68. The highest BCUT2D eigenvalue weighted by molar-refractivity contribution is 5.91. The van der Waals surface area contributed by atoms with Gasteiger partial charge in [0, 0.05) is 18.8 Å². The zero-order valence-electron chi connectivity index (χ0n) is 14.4. The first-order valence-electron chi connectivity index (χ1n) is 9.00. The largest absolute Gasteiger partial charge is 0.378 e. The molecule has 2 aromatic rings. The minimum absolute atomic E-state index is 0.169. The molecule has 0 bridgehead atoms. The van der Waals surface area contributed by atoms with E-state index in [2.05, 4.69) is 15.7 Å². The van der Waals surface area contributed by atoms with Crippen molar-refractivity contribution in [1.82, 2.24) is 15.1 Å². The molecule has 1 aliphatic carbocycles. The first-order chi connectivity index (χ1) is 12.2. The highest BCUT2D eigenvalue weighted by Crippen LogP contribution is 2.38. The van der Waals surface area contributed by atoms with Gasteiger partial charge in [-0.15, -0.1) is 0 Å². The molecule has 2 amide bonds. The zero-order valence-corrected chi connectivity index (χ0v) is 14.4. The van der Waals surface area contributed by atoms with E-state index < -0.39 is 0 Å². The molecule has 25 heavy (non-hydrogen) atoms. The van der Waals surface area contributed by atoms with Gasteiger partial charge in [-0.1, -0.05) is 12.1 Å². The predicted octanol–water partition coefficient (Wildman–Crippen LogP) is 3.26. The number of carbonyl (C=O) groups is 1. The van der Waals surface area contributed by atoms with Crippen LogP contribution < -0.4 is 10.6 Å². The molecule has 0 radical (unpaired) electrons. The standard InChI is InChI=1S/C19H24N4O2/c1-13-8-10-23(22-13)17-5-3-2-4-16(17)21-19(24)20-15-9-11-25-18(12-15)14-6-7-14/h2-5,8,10,14-15,18H,6-7,9,11-12H2,1H3,(H2,20,21,24)/t15-,18-/m1/s1. The first kappa shape index (κ1) is 16.1. The van der Waals surface area contributed by atoms with Gasteiger partial charge in [0.15, 0.2) is 0 Å². The van der Waals surface area contributed by atoms with Crippen LogP contribution in [-0.4, -0.2) is 34.6 Å². The summed E-state index contributed by atoms with van der Waals surface area (Å²) >= 11 is 0. The fraction of sp³-hybridized carbons (Fsp3) is 0.474. The quantitative estimate of drug-likeness (QED) is 0.898.